The third-order valence-electron chi connectivity index (χ3n) is 4.76. The minimum Gasteiger partial charge on any atom is -0.319 e. The summed E-state index contributed by atoms with van der Waals surface area (Å²) in [6.07, 6.45) is 0. The van der Waals surface area contributed by atoms with Gasteiger partial charge in [-0.25, -0.2) is 12.8 Å². The zero-order valence-electron chi connectivity index (χ0n) is 17.0. The van der Waals surface area contributed by atoms with E-state index in [1.54, 1.807) is 0 Å². The molecule has 164 valence electrons. The largest absolute Gasteiger partial charge is 0.319 e. The van der Waals surface area contributed by atoms with Gasteiger partial charge in [0.25, 0.3) is 15.9 Å². The molecule has 0 aliphatic rings. The van der Waals surface area contributed by atoms with Gasteiger partial charge in [0.1, 0.15) is 5.82 Å². The zero-order valence-corrected chi connectivity index (χ0v) is 19.4. The fourth-order valence-corrected chi connectivity index (χ4v) is 5.76. The highest BCUT2D eigenvalue weighted by molar-refractivity contribution is 7.92. The maximum atomic E-state index is 13.0. The molecule has 0 atom stereocenters. The number of halogens is 2. The number of nitrogens with zero attached hydrogens (tertiary/aromatic N) is 2. The van der Waals surface area contributed by atoms with Gasteiger partial charge in [0.05, 0.1) is 15.1 Å². The van der Waals surface area contributed by atoms with Gasteiger partial charge in [-0.2, -0.15) is 4.99 Å². The van der Waals surface area contributed by atoms with Gasteiger partial charge in [0.15, 0.2) is 4.80 Å². The first-order valence-corrected chi connectivity index (χ1v) is 12.0. The van der Waals surface area contributed by atoms with Crippen molar-refractivity contribution >= 4 is 54.8 Å². The number of sulfonamides is 1. The van der Waals surface area contributed by atoms with Crippen LogP contribution in [0.15, 0.2) is 70.6 Å². The highest BCUT2D eigenvalue weighted by atomic mass is 35.5. The number of aryl methyl sites for hydroxylation is 2. The van der Waals surface area contributed by atoms with Crippen LogP contribution >= 0.6 is 22.9 Å². The number of nitrogens with one attached hydrogen (secondary N) is 1. The van der Waals surface area contributed by atoms with Crippen LogP contribution in [0.2, 0.25) is 5.02 Å². The highest BCUT2D eigenvalue weighted by Gasteiger charge is 2.15. The molecule has 32 heavy (non-hydrogen) atoms. The molecular formula is C22H17ClFN3O3S2. The first kappa shape index (κ1) is 22.2. The Bertz CT molecular complexity index is 1510. The van der Waals surface area contributed by atoms with Crippen molar-refractivity contribution in [1.29, 1.82) is 0 Å². The average Bonchev–Trinajstić information content (AvgIpc) is 3.03. The second-order valence-corrected chi connectivity index (χ2v) is 10.2. The van der Waals surface area contributed by atoms with Crippen molar-refractivity contribution < 1.29 is 17.6 Å². The van der Waals surface area contributed by atoms with Crippen molar-refractivity contribution in [3.05, 3.63) is 87.4 Å². The smallest absolute Gasteiger partial charge is 0.279 e. The van der Waals surface area contributed by atoms with Gasteiger partial charge in [-0.1, -0.05) is 22.9 Å². The minimum absolute atomic E-state index is 0.0679. The molecule has 4 rings (SSSR count). The van der Waals surface area contributed by atoms with Crippen LogP contribution in [0.1, 0.15) is 15.9 Å². The Hall–Kier alpha value is -3.01. The second kappa shape index (κ2) is 8.50. The number of hydrogen-bond acceptors (Lipinski definition) is 4. The van der Waals surface area contributed by atoms with Gasteiger partial charge in [-0.3, -0.25) is 9.52 Å². The van der Waals surface area contributed by atoms with Crippen LogP contribution in [0.4, 0.5) is 10.1 Å². The number of thiazole rings is 1. The number of carbonyl (C=O) groups excluding carboxylic acids is 1. The predicted molar refractivity (Wildman–Crippen MR) is 124 cm³/mol. The maximum Gasteiger partial charge on any atom is 0.279 e. The van der Waals surface area contributed by atoms with Crippen LogP contribution in [-0.2, 0) is 17.1 Å². The Morgan fingerprint density at radius 3 is 2.41 bits per heavy atom. The van der Waals surface area contributed by atoms with E-state index in [0.29, 0.717) is 15.4 Å². The summed E-state index contributed by atoms with van der Waals surface area (Å²) in [4.78, 5) is 17.4. The highest BCUT2D eigenvalue weighted by Crippen LogP contribution is 2.25. The number of fused-ring (bicyclic) bond motifs is 1. The summed E-state index contributed by atoms with van der Waals surface area (Å²) in [7, 11) is -2.04. The second-order valence-electron chi connectivity index (χ2n) is 7.07. The molecule has 0 spiro atoms. The molecule has 3 aromatic carbocycles. The summed E-state index contributed by atoms with van der Waals surface area (Å²) in [5, 5.41) is 0.619. The zero-order chi connectivity index (χ0) is 23.0. The molecule has 0 saturated heterocycles. The van der Waals surface area contributed by atoms with Gasteiger partial charge >= 0.3 is 0 Å². The van der Waals surface area contributed by atoms with Crippen molar-refractivity contribution in [2.45, 2.75) is 11.8 Å². The van der Waals surface area contributed by atoms with Gasteiger partial charge in [0, 0.05) is 23.3 Å². The van der Waals surface area contributed by atoms with Crippen LogP contribution in [-0.4, -0.2) is 18.9 Å². The fourth-order valence-electron chi connectivity index (χ4n) is 3.23. The molecule has 1 N–H and O–H groups in total. The van der Waals surface area contributed by atoms with Crippen molar-refractivity contribution in [1.82, 2.24) is 4.57 Å². The molecule has 1 amide bonds. The summed E-state index contributed by atoms with van der Waals surface area (Å²) in [6.45, 7) is 1.94. The van der Waals surface area contributed by atoms with Crippen LogP contribution < -0.4 is 9.52 Å². The van der Waals surface area contributed by atoms with E-state index in [9.17, 15) is 17.6 Å². The van der Waals surface area contributed by atoms with E-state index in [0.717, 1.165) is 27.9 Å². The third kappa shape index (κ3) is 4.45. The fraction of sp³-hybridized carbons (Fsp3) is 0.0909. The number of rotatable bonds is 4. The minimum atomic E-state index is -3.88. The summed E-state index contributed by atoms with van der Waals surface area (Å²) >= 11 is 7.49. The van der Waals surface area contributed by atoms with Crippen molar-refractivity contribution in [2.75, 3.05) is 4.72 Å². The van der Waals surface area contributed by atoms with Crippen molar-refractivity contribution in [3.8, 4) is 0 Å². The first-order chi connectivity index (χ1) is 15.1. The number of hydrogen-bond donors (Lipinski definition) is 1. The monoisotopic (exact) mass is 489 g/mol. The SMILES string of the molecule is Cc1cc(Cl)cc2sc(=NC(=O)c3ccc(NS(=O)(=O)c4ccc(F)cc4)cc3)n(C)c12. The quantitative estimate of drug-likeness (QED) is 0.443. The summed E-state index contributed by atoms with van der Waals surface area (Å²) < 4.78 is 43.0. The molecular weight excluding hydrogens is 473 g/mol. The number of carbonyl (C=O) groups is 1. The number of benzene rings is 3. The van der Waals surface area contributed by atoms with Crippen LogP contribution in [0.25, 0.3) is 10.2 Å². The topological polar surface area (TPSA) is 80.5 Å². The van der Waals surface area contributed by atoms with E-state index in [1.165, 1.54) is 47.7 Å². The van der Waals surface area contributed by atoms with E-state index in [2.05, 4.69) is 9.71 Å². The first-order valence-electron chi connectivity index (χ1n) is 9.37. The van der Waals surface area contributed by atoms with E-state index in [1.807, 2.05) is 30.7 Å². The Labute approximate surface area is 192 Å². The van der Waals surface area contributed by atoms with E-state index in [-0.39, 0.29) is 10.6 Å². The van der Waals surface area contributed by atoms with Gasteiger partial charge in [0.2, 0.25) is 0 Å². The lowest BCUT2D eigenvalue weighted by Gasteiger charge is -2.08. The number of amides is 1. The Morgan fingerprint density at radius 2 is 1.75 bits per heavy atom. The molecule has 1 heterocycles. The molecule has 0 aliphatic carbocycles. The standard InChI is InChI=1S/C22H17ClFN3O3S2/c1-13-11-15(23)12-19-20(13)27(2)22(31-19)25-21(28)14-3-7-17(8-4-14)26-32(29,30)18-9-5-16(24)6-10-18/h3-12,26H,1-2H3. The average molecular weight is 490 g/mol. The molecule has 0 aliphatic heterocycles. The summed E-state index contributed by atoms with van der Waals surface area (Å²) in [5.41, 5.74) is 2.51. The Balaban J connectivity index is 1.59. The molecule has 0 saturated carbocycles. The number of aromatic nitrogens is 1. The maximum absolute atomic E-state index is 13.0. The lowest BCUT2D eigenvalue weighted by Crippen LogP contribution is -2.14. The lowest BCUT2D eigenvalue weighted by molar-refractivity contribution is 0.0998. The van der Waals surface area contributed by atoms with Crippen molar-refractivity contribution in [3.63, 3.8) is 0 Å². The molecule has 6 nitrogen and oxygen atoms in total. The number of anilines is 1. The third-order valence-corrected chi connectivity index (χ3v) is 7.45. The van der Waals surface area contributed by atoms with Gasteiger partial charge < -0.3 is 4.57 Å². The van der Waals surface area contributed by atoms with Crippen LogP contribution in [0, 0.1) is 12.7 Å². The molecule has 1 aromatic heterocycles. The molecule has 10 heteroatoms. The molecule has 0 radical (unpaired) electrons. The Morgan fingerprint density at radius 1 is 1.09 bits per heavy atom. The predicted octanol–water partition coefficient (Wildman–Crippen LogP) is 4.88. The summed E-state index contributed by atoms with van der Waals surface area (Å²) in [6, 6.07) is 14.1. The van der Waals surface area contributed by atoms with E-state index in [4.69, 9.17) is 11.6 Å². The van der Waals surface area contributed by atoms with E-state index < -0.39 is 21.7 Å². The molecule has 4 aromatic rings. The normalized spacial score (nSPS) is 12.3. The van der Waals surface area contributed by atoms with E-state index >= 15 is 0 Å². The summed E-state index contributed by atoms with van der Waals surface area (Å²) in [5.74, 6) is -0.982. The van der Waals surface area contributed by atoms with Crippen molar-refractivity contribution in [2.24, 2.45) is 12.0 Å². The van der Waals surface area contributed by atoms with Crippen LogP contribution in [0.3, 0.4) is 0 Å². The Kier molecular flexibility index (Phi) is 5.89. The molecule has 0 unspecified atom stereocenters. The molecule has 0 fully saturated rings. The molecule has 0 bridgehead atoms. The lowest BCUT2D eigenvalue weighted by atomic mass is 10.2. The van der Waals surface area contributed by atoms with Gasteiger partial charge in [-0.15, -0.1) is 0 Å². The van der Waals surface area contributed by atoms with Gasteiger partial charge in [-0.05, 0) is 73.2 Å². The van der Waals surface area contributed by atoms with Crippen LogP contribution in [0.5, 0.6) is 0 Å².